The Labute approximate surface area is 201 Å². The van der Waals surface area contributed by atoms with Gasteiger partial charge >= 0.3 is 0 Å². The Kier molecular flexibility index (Phi) is 7.49. The zero-order valence-electron chi connectivity index (χ0n) is 18.4. The predicted molar refractivity (Wildman–Crippen MR) is 131 cm³/mol. The molecule has 0 fully saturated rings. The first-order valence-electron chi connectivity index (χ1n) is 10.4. The molecule has 0 spiro atoms. The van der Waals surface area contributed by atoms with Crippen LogP contribution >= 0.6 is 12.4 Å². The second kappa shape index (κ2) is 10.2. The van der Waals surface area contributed by atoms with Crippen molar-refractivity contribution in [2.24, 2.45) is 0 Å². The number of halogens is 3. The summed E-state index contributed by atoms with van der Waals surface area (Å²) in [5, 5.41) is 15.9. The van der Waals surface area contributed by atoms with Crippen molar-refractivity contribution in [2.75, 3.05) is 5.32 Å². The summed E-state index contributed by atoms with van der Waals surface area (Å²) in [6.45, 7) is 3.80. The maximum absolute atomic E-state index is 13.8. The molecule has 4 rings (SSSR count). The highest BCUT2D eigenvalue weighted by Gasteiger charge is 2.22. The molecule has 4 aromatic rings. The molecule has 8 heteroatoms. The van der Waals surface area contributed by atoms with Gasteiger partial charge in [-0.15, -0.1) is 12.4 Å². The van der Waals surface area contributed by atoms with Gasteiger partial charge in [0.05, 0.1) is 6.04 Å². The van der Waals surface area contributed by atoms with E-state index >= 15 is 0 Å². The molecule has 0 heterocycles. The molecule has 0 aliphatic heterocycles. The lowest BCUT2D eigenvalue weighted by Gasteiger charge is -2.25. The van der Waals surface area contributed by atoms with E-state index in [2.05, 4.69) is 10.6 Å². The van der Waals surface area contributed by atoms with Crippen LogP contribution in [0.5, 0.6) is 5.75 Å². The normalized spacial score (nSPS) is 12.7. The van der Waals surface area contributed by atoms with Gasteiger partial charge in [-0.25, -0.2) is 8.78 Å². The van der Waals surface area contributed by atoms with Gasteiger partial charge in [-0.05, 0) is 54.8 Å². The molecule has 5 nitrogen and oxygen atoms in total. The minimum Gasteiger partial charge on any atom is -0.502 e. The van der Waals surface area contributed by atoms with Gasteiger partial charge in [0.2, 0.25) is 0 Å². The van der Waals surface area contributed by atoms with Crippen molar-refractivity contribution in [3.63, 3.8) is 0 Å². The molecule has 0 aliphatic rings. The smallest absolute Gasteiger partial charge is 0.271 e. The Morgan fingerprint density at radius 2 is 1.47 bits per heavy atom. The summed E-state index contributed by atoms with van der Waals surface area (Å²) in [4.78, 5) is 23.0. The quantitative estimate of drug-likeness (QED) is 0.315. The van der Waals surface area contributed by atoms with Gasteiger partial charge in [-0.2, -0.15) is 0 Å². The van der Waals surface area contributed by atoms with E-state index in [9.17, 15) is 23.5 Å². The molecule has 0 radical (unpaired) electrons. The fraction of sp³-hybridized carbons (Fsp3) is 0.154. The Morgan fingerprint density at radius 3 is 2.09 bits per heavy atom. The molecule has 3 N–H and O–H groups in total. The maximum atomic E-state index is 13.8. The summed E-state index contributed by atoms with van der Waals surface area (Å²) in [7, 11) is 0. The van der Waals surface area contributed by atoms with Crippen LogP contribution in [0.4, 0.5) is 20.2 Å². The number of aromatic hydroxyl groups is 1. The van der Waals surface area contributed by atoms with E-state index in [-0.39, 0.29) is 24.1 Å². The summed E-state index contributed by atoms with van der Waals surface area (Å²) < 4.78 is 27.5. The number of rotatable bonds is 7. The second-order valence-corrected chi connectivity index (χ2v) is 8.07. The number of hydrogen-bond donors (Lipinski definition) is 3. The Bertz CT molecular complexity index is 1360. The number of anilines is 2. The first kappa shape index (κ1) is 25.1. The van der Waals surface area contributed by atoms with Crippen molar-refractivity contribution < 1.29 is 13.9 Å². The Hall–Kier alpha value is -3.55. The van der Waals surface area contributed by atoms with Crippen LogP contribution < -0.4 is 21.5 Å². The maximum Gasteiger partial charge on any atom is 0.271 e. The van der Waals surface area contributed by atoms with Gasteiger partial charge in [0.1, 0.15) is 17.3 Å². The zero-order valence-corrected chi connectivity index (χ0v) is 19.2. The van der Waals surface area contributed by atoms with E-state index < -0.39 is 34.3 Å². The van der Waals surface area contributed by atoms with Crippen LogP contribution in [0.2, 0.25) is 0 Å². The third kappa shape index (κ3) is 5.16. The van der Waals surface area contributed by atoms with Crippen molar-refractivity contribution in [3.8, 4) is 5.75 Å². The highest BCUT2D eigenvalue weighted by Crippen LogP contribution is 2.30. The molecule has 0 saturated carbocycles. The number of benzene rings is 3. The summed E-state index contributed by atoms with van der Waals surface area (Å²) in [5.41, 5.74) is 1.98. The van der Waals surface area contributed by atoms with Crippen LogP contribution in [0.1, 0.15) is 41.3 Å². The summed E-state index contributed by atoms with van der Waals surface area (Å²) in [6.07, 6.45) is 0. The highest BCUT2D eigenvalue weighted by atomic mass is 35.5. The van der Waals surface area contributed by atoms with Crippen molar-refractivity contribution in [1.82, 2.24) is 5.32 Å². The van der Waals surface area contributed by atoms with Crippen LogP contribution in [0.15, 0.2) is 76.3 Å². The van der Waals surface area contributed by atoms with E-state index in [1.165, 1.54) is 12.1 Å². The van der Waals surface area contributed by atoms with Crippen LogP contribution in [0.3, 0.4) is 0 Å². The minimum atomic E-state index is -0.913. The molecular weight excluding hydrogens is 462 g/mol. The average Bonchev–Trinajstić information content (AvgIpc) is 2.80. The largest absolute Gasteiger partial charge is 0.502 e. The fourth-order valence-electron chi connectivity index (χ4n) is 3.75. The lowest BCUT2D eigenvalue weighted by Crippen LogP contribution is -2.32. The first-order valence-corrected chi connectivity index (χ1v) is 10.4. The monoisotopic (exact) mass is 484 g/mol. The third-order valence-electron chi connectivity index (χ3n) is 5.59. The average molecular weight is 485 g/mol. The minimum absolute atomic E-state index is 0. The molecular formula is C26H23ClF2N2O3. The van der Waals surface area contributed by atoms with Gasteiger partial charge < -0.3 is 10.4 Å². The third-order valence-corrected chi connectivity index (χ3v) is 5.59. The molecule has 0 amide bonds. The zero-order chi connectivity index (χ0) is 23.7. The summed E-state index contributed by atoms with van der Waals surface area (Å²) in [6, 6.07) is 17.7. The van der Waals surface area contributed by atoms with Crippen LogP contribution in [-0.4, -0.2) is 5.11 Å². The van der Waals surface area contributed by atoms with Crippen LogP contribution in [0, 0.1) is 18.6 Å². The summed E-state index contributed by atoms with van der Waals surface area (Å²) in [5.74, 6) is -1.88. The lowest BCUT2D eigenvalue weighted by atomic mass is 9.95. The predicted octanol–water partition coefficient (Wildman–Crippen LogP) is 5.18. The van der Waals surface area contributed by atoms with Gasteiger partial charge in [0.25, 0.3) is 10.9 Å². The summed E-state index contributed by atoms with van der Waals surface area (Å²) >= 11 is 0. The second-order valence-electron chi connectivity index (χ2n) is 8.07. The van der Waals surface area contributed by atoms with Crippen molar-refractivity contribution in [2.45, 2.75) is 25.9 Å². The number of aryl methyl sites for hydroxylation is 1. The van der Waals surface area contributed by atoms with Crippen LogP contribution in [-0.2, 0) is 0 Å². The van der Waals surface area contributed by atoms with E-state index in [0.29, 0.717) is 11.3 Å². The number of nitrogens with one attached hydrogen (secondary N) is 2. The van der Waals surface area contributed by atoms with Crippen molar-refractivity contribution in [1.29, 1.82) is 0 Å². The topological polar surface area (TPSA) is 78.4 Å². The van der Waals surface area contributed by atoms with Crippen LogP contribution in [0.25, 0.3) is 0 Å². The Morgan fingerprint density at radius 1 is 0.824 bits per heavy atom. The molecule has 0 aromatic heterocycles. The molecule has 2 atom stereocenters. The fourth-order valence-corrected chi connectivity index (χ4v) is 3.75. The number of hydrogen-bond acceptors (Lipinski definition) is 5. The molecule has 0 saturated heterocycles. The standard InChI is InChI=1S/C26H22F2N2O3.ClH/c1-14-6-8-16(9-7-14)22(29-15(2)18-10-19(27)13-20(28)11-18)17-4-3-5-21(12-17)30-23-24(31)26(33)25(23)32;/h3-13,15,22,29-31H,1-2H3;1H/t15-,22?;/m1./s1. The molecule has 176 valence electrons. The molecule has 4 aromatic carbocycles. The van der Waals surface area contributed by atoms with Crippen molar-refractivity contribution >= 4 is 23.8 Å². The molecule has 1 unspecified atom stereocenters. The van der Waals surface area contributed by atoms with E-state index in [1.807, 2.05) is 44.2 Å². The van der Waals surface area contributed by atoms with Gasteiger partial charge in [0, 0.05) is 17.8 Å². The molecule has 0 bridgehead atoms. The van der Waals surface area contributed by atoms with Gasteiger partial charge in [0.15, 0.2) is 5.75 Å². The first-order chi connectivity index (χ1) is 15.7. The Balaban J connectivity index is 0.00000324. The van der Waals surface area contributed by atoms with Gasteiger partial charge in [-0.3, -0.25) is 14.9 Å². The van der Waals surface area contributed by atoms with Gasteiger partial charge in [-0.1, -0.05) is 42.0 Å². The lowest BCUT2D eigenvalue weighted by molar-refractivity contribution is 0.466. The SMILES string of the molecule is Cc1ccc(C(N[C@H](C)c2cc(F)cc(F)c2)c2cccc(Nc3c(O)c(=O)c3=O)c2)cc1.Cl. The van der Waals surface area contributed by atoms with E-state index in [1.54, 1.807) is 18.2 Å². The van der Waals surface area contributed by atoms with E-state index in [4.69, 9.17) is 0 Å². The molecule has 34 heavy (non-hydrogen) atoms. The highest BCUT2D eigenvalue weighted by molar-refractivity contribution is 5.85. The van der Waals surface area contributed by atoms with E-state index in [0.717, 1.165) is 22.8 Å². The van der Waals surface area contributed by atoms with Crippen molar-refractivity contribution in [3.05, 3.63) is 121 Å². The molecule has 0 aliphatic carbocycles.